The van der Waals surface area contributed by atoms with Crippen molar-refractivity contribution in [3.05, 3.63) is 0 Å². The van der Waals surface area contributed by atoms with Crippen LogP contribution in [0.1, 0.15) is 329 Å². The Hall–Kier alpha value is 0.799. The average molecular weight is 894 g/mol. The van der Waals surface area contributed by atoms with Crippen LogP contribution in [0.15, 0.2) is 0 Å². The standard InChI is InChI=1S/3C18H37.CH3.Sn/c3*1-3-5-7-9-11-13-15-17-18-16-14-12-10-8-6-4-2;;/h3*1,3-18H2,2H3;1H3;. The summed E-state index contributed by atoms with van der Waals surface area (Å²) in [7, 11) is 0. The molecule has 0 spiro atoms. The van der Waals surface area contributed by atoms with E-state index in [1.165, 1.54) is 270 Å². The summed E-state index contributed by atoms with van der Waals surface area (Å²) in [5.41, 5.74) is 0. The molecule has 0 saturated heterocycles. The smallest absolute Gasteiger partial charge is 0.0654 e. The Labute approximate surface area is 363 Å². The first-order chi connectivity index (χ1) is 27.7. The summed E-state index contributed by atoms with van der Waals surface area (Å²) < 4.78 is 5.14. The van der Waals surface area contributed by atoms with Gasteiger partial charge in [-0.15, -0.1) is 0 Å². The van der Waals surface area contributed by atoms with Crippen molar-refractivity contribution in [2.75, 3.05) is 0 Å². The molecule has 0 fully saturated rings. The van der Waals surface area contributed by atoms with Gasteiger partial charge in [-0.25, -0.2) is 0 Å². The molecule has 0 N–H and O–H groups in total. The van der Waals surface area contributed by atoms with Gasteiger partial charge in [0, 0.05) is 0 Å². The molecule has 0 aromatic rings. The van der Waals surface area contributed by atoms with E-state index in [0.717, 1.165) is 0 Å². The van der Waals surface area contributed by atoms with Crippen LogP contribution in [0.3, 0.4) is 0 Å². The SMILES string of the molecule is CCCCCCCCCCCCCCCCC[CH2][Sn]([CH3])([CH2]CCCCCCCCCCCCCCCCC)[CH2]CCCCCCCCCCCCCCCCC. The molecule has 0 aliphatic carbocycles. The average Bonchev–Trinajstić information content (AvgIpc) is 3.20. The molecular weight excluding hydrogens is 779 g/mol. The molecule has 0 radical (unpaired) electrons. The second-order valence-corrected chi connectivity index (χ2v) is 34.6. The van der Waals surface area contributed by atoms with E-state index < -0.39 is 18.4 Å². The minimum absolute atomic E-state index is 1.38. The fraction of sp³-hybridized carbons (Fsp3) is 1.00. The van der Waals surface area contributed by atoms with Crippen LogP contribution in [0.25, 0.3) is 0 Å². The molecule has 0 unspecified atom stereocenters. The zero-order valence-corrected chi connectivity index (χ0v) is 43.4. The van der Waals surface area contributed by atoms with Gasteiger partial charge >= 0.3 is 249 Å². The third-order valence-corrected chi connectivity index (χ3v) is 27.3. The molecule has 1 heteroatoms. The Bertz CT molecular complexity index is 582. The van der Waals surface area contributed by atoms with E-state index in [-0.39, 0.29) is 0 Å². The van der Waals surface area contributed by atoms with Crippen molar-refractivity contribution in [2.24, 2.45) is 0 Å². The van der Waals surface area contributed by atoms with Crippen LogP contribution >= 0.6 is 0 Å². The molecule has 0 nitrogen and oxygen atoms in total. The van der Waals surface area contributed by atoms with E-state index in [1.807, 2.05) is 0 Å². The van der Waals surface area contributed by atoms with Crippen LogP contribution in [0.5, 0.6) is 0 Å². The molecule has 0 aliphatic rings. The maximum absolute atomic E-state index is 2.91. The molecule has 0 saturated carbocycles. The molecule has 0 rings (SSSR count). The molecule has 0 amide bonds. The van der Waals surface area contributed by atoms with Gasteiger partial charge in [0.2, 0.25) is 0 Å². The molecule has 338 valence electrons. The van der Waals surface area contributed by atoms with Crippen LogP contribution in [-0.2, 0) is 0 Å². The minimum Gasteiger partial charge on any atom is -0.0654 e. The van der Waals surface area contributed by atoms with Crippen LogP contribution in [0.2, 0.25) is 18.2 Å². The summed E-state index contributed by atoms with van der Waals surface area (Å²) in [6, 6.07) is 0. The molecule has 0 heterocycles. The Balaban J connectivity index is 4.08. The van der Waals surface area contributed by atoms with E-state index >= 15 is 0 Å². The molecule has 0 bridgehead atoms. The topological polar surface area (TPSA) is 0 Å². The van der Waals surface area contributed by atoms with Crippen LogP contribution in [0.4, 0.5) is 0 Å². The summed E-state index contributed by atoms with van der Waals surface area (Å²) in [6.45, 7) is 6.97. The number of rotatable bonds is 51. The third kappa shape index (κ3) is 47.5. The van der Waals surface area contributed by atoms with Crippen LogP contribution in [0, 0.1) is 0 Å². The van der Waals surface area contributed by atoms with Crippen LogP contribution in [-0.4, -0.2) is 18.4 Å². The van der Waals surface area contributed by atoms with Crippen molar-refractivity contribution < 1.29 is 0 Å². The van der Waals surface area contributed by atoms with E-state index in [1.54, 1.807) is 51.8 Å². The number of hydrogen-bond acceptors (Lipinski definition) is 0. The Morgan fingerprint density at radius 2 is 0.268 bits per heavy atom. The number of unbranched alkanes of at least 4 members (excludes halogenated alkanes) is 45. The van der Waals surface area contributed by atoms with Gasteiger partial charge in [0.15, 0.2) is 0 Å². The van der Waals surface area contributed by atoms with Gasteiger partial charge in [-0.1, -0.05) is 117 Å². The quantitative estimate of drug-likeness (QED) is 0.0422. The predicted molar refractivity (Wildman–Crippen MR) is 265 cm³/mol. The molecule has 56 heavy (non-hydrogen) atoms. The number of hydrogen-bond donors (Lipinski definition) is 0. The minimum atomic E-state index is -1.93. The zero-order chi connectivity index (χ0) is 40.6. The third-order valence-electron chi connectivity index (χ3n) is 13.9. The maximum atomic E-state index is 2.91. The van der Waals surface area contributed by atoms with Gasteiger partial charge in [0.1, 0.15) is 0 Å². The van der Waals surface area contributed by atoms with E-state index in [9.17, 15) is 0 Å². The molecule has 0 aromatic carbocycles. The first-order valence-corrected chi connectivity index (χ1v) is 36.6. The van der Waals surface area contributed by atoms with Crippen molar-refractivity contribution in [1.82, 2.24) is 0 Å². The second-order valence-electron chi connectivity index (χ2n) is 20.0. The first-order valence-electron chi connectivity index (χ1n) is 27.7. The van der Waals surface area contributed by atoms with E-state index in [4.69, 9.17) is 0 Å². The normalized spacial score (nSPS) is 12.0. The summed E-state index contributed by atoms with van der Waals surface area (Å²) in [5, 5.41) is 0. The summed E-state index contributed by atoms with van der Waals surface area (Å²) in [5.74, 6) is 0. The van der Waals surface area contributed by atoms with Crippen molar-refractivity contribution in [3.8, 4) is 0 Å². The fourth-order valence-electron chi connectivity index (χ4n) is 9.67. The molecule has 0 aliphatic heterocycles. The van der Waals surface area contributed by atoms with E-state index in [2.05, 4.69) is 25.7 Å². The van der Waals surface area contributed by atoms with Crippen molar-refractivity contribution in [1.29, 1.82) is 0 Å². The van der Waals surface area contributed by atoms with Gasteiger partial charge in [-0.3, -0.25) is 0 Å². The molecule has 0 aromatic heterocycles. The van der Waals surface area contributed by atoms with Gasteiger partial charge < -0.3 is 0 Å². The Morgan fingerprint density at radius 3 is 0.393 bits per heavy atom. The van der Waals surface area contributed by atoms with Gasteiger partial charge in [-0.2, -0.15) is 0 Å². The van der Waals surface area contributed by atoms with Crippen molar-refractivity contribution in [3.63, 3.8) is 0 Å². The van der Waals surface area contributed by atoms with Gasteiger partial charge in [0.25, 0.3) is 0 Å². The molecule has 0 atom stereocenters. The Morgan fingerprint density at radius 1 is 0.161 bits per heavy atom. The van der Waals surface area contributed by atoms with Crippen molar-refractivity contribution >= 4 is 18.4 Å². The molecular formula is C55H114Sn. The zero-order valence-electron chi connectivity index (χ0n) is 40.6. The predicted octanol–water partition coefficient (Wildman–Crippen LogP) is 21.8. The van der Waals surface area contributed by atoms with Crippen LogP contribution < -0.4 is 0 Å². The van der Waals surface area contributed by atoms with Crippen molar-refractivity contribution in [2.45, 2.75) is 347 Å². The summed E-state index contributed by atoms with van der Waals surface area (Å²) >= 11 is -1.93. The summed E-state index contributed by atoms with van der Waals surface area (Å²) in [4.78, 5) is 2.91. The Kier molecular flexibility index (Phi) is 50.9. The fourth-order valence-corrected chi connectivity index (χ4v) is 21.3. The second kappa shape index (κ2) is 50.2. The first kappa shape index (κ1) is 56.8. The summed E-state index contributed by atoms with van der Waals surface area (Å²) in [6.07, 6.45) is 71.8. The van der Waals surface area contributed by atoms with Gasteiger partial charge in [0.05, 0.1) is 0 Å². The van der Waals surface area contributed by atoms with Gasteiger partial charge in [-0.05, 0) is 0 Å². The van der Waals surface area contributed by atoms with E-state index in [0.29, 0.717) is 0 Å². The monoisotopic (exact) mass is 895 g/mol.